The maximum Gasteiger partial charge on any atom is 0.305 e. The highest BCUT2D eigenvalue weighted by Gasteiger charge is 2.23. The molecule has 1 unspecified atom stereocenters. The van der Waals surface area contributed by atoms with Gasteiger partial charge < -0.3 is 9.84 Å². The average molecular weight is 292 g/mol. The molecule has 0 spiro atoms. The van der Waals surface area contributed by atoms with Crippen LogP contribution < -0.4 is 0 Å². The van der Waals surface area contributed by atoms with Crippen LogP contribution in [0.1, 0.15) is 32.1 Å². The van der Waals surface area contributed by atoms with Crippen LogP contribution in [-0.2, 0) is 16.0 Å². The van der Waals surface area contributed by atoms with Gasteiger partial charge in [0.2, 0.25) is 0 Å². The fourth-order valence-electron chi connectivity index (χ4n) is 1.75. The van der Waals surface area contributed by atoms with Crippen molar-refractivity contribution in [3.8, 4) is 0 Å². The molecule has 1 rings (SSSR count). The van der Waals surface area contributed by atoms with Crippen molar-refractivity contribution in [2.75, 3.05) is 13.2 Å². The zero-order valence-electron chi connectivity index (χ0n) is 11.4. The molecule has 114 valence electrons. The monoisotopic (exact) mass is 292 g/mol. The summed E-state index contributed by atoms with van der Waals surface area (Å²) in [5, 5.41) is 20.0. The molecule has 1 heterocycles. The molecule has 0 radical (unpaired) electrons. The zero-order valence-corrected chi connectivity index (χ0v) is 11.4. The number of aromatic nitrogens is 4. The van der Waals surface area contributed by atoms with Crippen molar-refractivity contribution in [1.29, 1.82) is 0 Å². The number of rotatable bonds is 9. The van der Waals surface area contributed by atoms with Crippen LogP contribution in [0.25, 0.3) is 0 Å². The lowest BCUT2D eigenvalue weighted by molar-refractivity contribution is -0.138. The van der Waals surface area contributed by atoms with Gasteiger partial charge in [0, 0.05) is 6.42 Å². The highest BCUT2D eigenvalue weighted by Crippen LogP contribution is 2.21. The maximum atomic E-state index is 11.9. The van der Waals surface area contributed by atoms with Gasteiger partial charge in [0.15, 0.2) is 5.82 Å². The summed E-state index contributed by atoms with van der Waals surface area (Å²) in [5.74, 6) is -0.492. The van der Waals surface area contributed by atoms with Crippen LogP contribution in [-0.4, -0.2) is 50.9 Å². The predicted octanol–water partition coefficient (Wildman–Crippen LogP) is 1.17. The molecule has 1 atom stereocenters. The Kier molecular flexibility index (Phi) is 6.43. The number of ether oxygens (including phenoxy) is 1. The summed E-state index contributed by atoms with van der Waals surface area (Å²) < 4.78 is 30.0. The van der Waals surface area contributed by atoms with Crippen LogP contribution in [0.2, 0.25) is 0 Å². The van der Waals surface area contributed by atoms with Crippen molar-refractivity contribution in [3.63, 3.8) is 0 Å². The number of carboxylic acids is 1. The van der Waals surface area contributed by atoms with Gasteiger partial charge in [0.05, 0.1) is 19.1 Å². The number of hydrogen-bond acceptors (Lipinski definition) is 5. The van der Waals surface area contributed by atoms with E-state index in [1.807, 2.05) is 13.8 Å². The molecule has 0 saturated carbocycles. The lowest BCUT2D eigenvalue weighted by atomic mass is 10.0. The molecule has 0 saturated heterocycles. The Bertz CT molecular complexity index is 426. The molecule has 1 aromatic heterocycles. The largest absolute Gasteiger partial charge is 0.481 e. The molecule has 0 bridgehead atoms. The van der Waals surface area contributed by atoms with Crippen LogP contribution >= 0.6 is 0 Å². The third-order valence-corrected chi connectivity index (χ3v) is 2.74. The molecular weight excluding hydrogens is 274 g/mol. The Morgan fingerprint density at radius 3 is 2.70 bits per heavy atom. The fourth-order valence-corrected chi connectivity index (χ4v) is 1.75. The zero-order chi connectivity index (χ0) is 15.1. The minimum absolute atomic E-state index is 0.0235. The van der Waals surface area contributed by atoms with Gasteiger partial charge in [-0.05, 0) is 16.3 Å². The molecule has 0 aliphatic rings. The third-order valence-electron chi connectivity index (χ3n) is 2.74. The van der Waals surface area contributed by atoms with Crippen molar-refractivity contribution in [3.05, 3.63) is 5.82 Å². The Labute approximate surface area is 114 Å². The number of carbonyl (C=O) groups is 1. The minimum atomic E-state index is -2.51. The molecule has 7 nitrogen and oxygen atoms in total. The highest BCUT2D eigenvalue weighted by molar-refractivity contribution is 5.67. The SMILES string of the molecule is CC(C)C(CC(=O)O)n1nnnc1CCOCC(F)F. The van der Waals surface area contributed by atoms with Crippen molar-refractivity contribution >= 4 is 5.97 Å². The Morgan fingerprint density at radius 1 is 1.45 bits per heavy atom. The van der Waals surface area contributed by atoms with E-state index in [0.29, 0.717) is 5.82 Å². The summed E-state index contributed by atoms with van der Waals surface area (Å²) in [6, 6.07) is -0.382. The molecule has 1 N–H and O–H groups in total. The van der Waals surface area contributed by atoms with E-state index in [-0.39, 0.29) is 31.4 Å². The molecular formula is C11H18F2N4O3. The number of aliphatic carboxylic acids is 1. The van der Waals surface area contributed by atoms with E-state index in [0.717, 1.165) is 0 Å². The summed E-state index contributed by atoms with van der Waals surface area (Å²) in [5.41, 5.74) is 0. The Balaban J connectivity index is 2.65. The summed E-state index contributed by atoms with van der Waals surface area (Å²) in [6.07, 6.45) is -2.36. The lowest BCUT2D eigenvalue weighted by Gasteiger charge is -2.20. The molecule has 1 aromatic rings. The van der Waals surface area contributed by atoms with Gasteiger partial charge in [-0.3, -0.25) is 4.79 Å². The molecule has 0 aliphatic carbocycles. The van der Waals surface area contributed by atoms with Gasteiger partial charge >= 0.3 is 5.97 Å². The van der Waals surface area contributed by atoms with Crippen molar-refractivity contribution in [1.82, 2.24) is 20.2 Å². The quantitative estimate of drug-likeness (QED) is 0.687. The number of hydrogen-bond donors (Lipinski definition) is 1. The minimum Gasteiger partial charge on any atom is -0.481 e. The number of carboxylic acid groups (broad SMARTS) is 1. The van der Waals surface area contributed by atoms with E-state index >= 15 is 0 Å². The molecule has 0 aliphatic heterocycles. The van der Waals surface area contributed by atoms with E-state index in [1.165, 1.54) is 4.68 Å². The van der Waals surface area contributed by atoms with Gasteiger partial charge in [0.1, 0.15) is 6.61 Å². The summed E-state index contributed by atoms with van der Waals surface area (Å²) >= 11 is 0. The van der Waals surface area contributed by atoms with Gasteiger partial charge in [-0.15, -0.1) is 5.10 Å². The normalized spacial score (nSPS) is 13.1. The topological polar surface area (TPSA) is 90.1 Å². The first-order valence-corrected chi connectivity index (χ1v) is 6.26. The molecule has 9 heteroatoms. The van der Waals surface area contributed by atoms with Crippen LogP contribution in [0.15, 0.2) is 0 Å². The lowest BCUT2D eigenvalue weighted by Crippen LogP contribution is -2.23. The number of halogens is 2. The van der Waals surface area contributed by atoms with E-state index in [9.17, 15) is 13.6 Å². The Morgan fingerprint density at radius 2 is 2.15 bits per heavy atom. The summed E-state index contributed by atoms with van der Waals surface area (Å²) in [4.78, 5) is 10.9. The maximum absolute atomic E-state index is 11.9. The van der Waals surface area contributed by atoms with Gasteiger partial charge in [-0.1, -0.05) is 13.8 Å². The first kappa shape index (κ1) is 16.4. The van der Waals surface area contributed by atoms with E-state index < -0.39 is 19.0 Å². The standard InChI is InChI=1S/C11H18F2N4O3/c1-7(2)8(5-11(18)19)17-10(14-15-16-17)3-4-20-6-9(12)13/h7-9H,3-6H2,1-2H3,(H,18,19). The van der Waals surface area contributed by atoms with E-state index in [1.54, 1.807) is 0 Å². The smallest absolute Gasteiger partial charge is 0.305 e. The first-order chi connectivity index (χ1) is 9.41. The fraction of sp³-hybridized carbons (Fsp3) is 0.818. The number of alkyl halides is 2. The summed E-state index contributed by atoms with van der Waals surface area (Å²) in [6.45, 7) is 3.16. The predicted molar refractivity (Wildman–Crippen MR) is 64.5 cm³/mol. The average Bonchev–Trinajstić information content (AvgIpc) is 2.79. The Hall–Kier alpha value is -1.64. The number of nitrogens with zero attached hydrogens (tertiary/aromatic N) is 4. The summed E-state index contributed by atoms with van der Waals surface area (Å²) in [7, 11) is 0. The molecule has 0 fully saturated rings. The first-order valence-electron chi connectivity index (χ1n) is 6.26. The number of tetrazole rings is 1. The van der Waals surface area contributed by atoms with Crippen molar-refractivity contribution in [2.45, 2.75) is 39.2 Å². The van der Waals surface area contributed by atoms with Crippen LogP contribution in [0.3, 0.4) is 0 Å². The van der Waals surface area contributed by atoms with Crippen LogP contribution in [0, 0.1) is 5.92 Å². The van der Waals surface area contributed by atoms with E-state index in [2.05, 4.69) is 15.5 Å². The van der Waals surface area contributed by atoms with Gasteiger partial charge in [0.25, 0.3) is 6.43 Å². The second-order valence-electron chi connectivity index (χ2n) is 4.66. The van der Waals surface area contributed by atoms with E-state index in [4.69, 9.17) is 9.84 Å². The van der Waals surface area contributed by atoms with Crippen LogP contribution in [0.4, 0.5) is 8.78 Å². The third kappa shape index (κ3) is 5.16. The van der Waals surface area contributed by atoms with Crippen molar-refractivity contribution < 1.29 is 23.4 Å². The molecule has 20 heavy (non-hydrogen) atoms. The second-order valence-corrected chi connectivity index (χ2v) is 4.66. The highest BCUT2D eigenvalue weighted by atomic mass is 19.3. The van der Waals surface area contributed by atoms with Gasteiger partial charge in [-0.2, -0.15) is 0 Å². The molecule has 0 amide bonds. The molecule has 0 aromatic carbocycles. The van der Waals surface area contributed by atoms with Crippen molar-refractivity contribution in [2.24, 2.45) is 5.92 Å². The van der Waals surface area contributed by atoms with Crippen LogP contribution in [0.5, 0.6) is 0 Å². The second kappa shape index (κ2) is 7.83. The van der Waals surface area contributed by atoms with Gasteiger partial charge in [-0.25, -0.2) is 13.5 Å².